The van der Waals surface area contributed by atoms with Gasteiger partial charge in [-0.3, -0.25) is 9.59 Å². The van der Waals surface area contributed by atoms with Gasteiger partial charge in [0.15, 0.2) is 0 Å². The minimum atomic E-state index is -0.466. The molecule has 0 spiro atoms. The topological polar surface area (TPSA) is 49.4 Å². The smallest absolute Gasteiger partial charge is 0.255 e. The summed E-state index contributed by atoms with van der Waals surface area (Å²) in [4.78, 5) is 28.7. The van der Waals surface area contributed by atoms with E-state index in [1.165, 1.54) is 28.6 Å². The molecule has 0 atom stereocenters. The Morgan fingerprint density at radius 1 is 1.14 bits per heavy atom. The van der Waals surface area contributed by atoms with E-state index in [-0.39, 0.29) is 11.5 Å². The van der Waals surface area contributed by atoms with Gasteiger partial charge in [0.25, 0.3) is 11.8 Å². The van der Waals surface area contributed by atoms with Gasteiger partial charge >= 0.3 is 0 Å². The number of nitrogens with zero attached hydrogens (tertiary/aromatic N) is 1. The fourth-order valence-corrected chi connectivity index (χ4v) is 4.31. The summed E-state index contributed by atoms with van der Waals surface area (Å²) in [5.41, 5.74) is 3.26. The summed E-state index contributed by atoms with van der Waals surface area (Å²) in [5.74, 6) is -0.921. The first-order valence-corrected chi connectivity index (χ1v) is 9.92. The molecule has 3 aromatic rings. The van der Waals surface area contributed by atoms with Crippen LogP contribution in [0.1, 0.15) is 36.7 Å². The quantitative estimate of drug-likeness (QED) is 0.703. The fraction of sp³-hybridized carbons (Fsp3) is 0.182. The normalized spacial score (nSPS) is 13.1. The Morgan fingerprint density at radius 3 is 2.79 bits per heavy atom. The monoisotopic (exact) mass is 394 g/mol. The van der Waals surface area contributed by atoms with E-state index >= 15 is 0 Å². The molecule has 0 unspecified atom stereocenters. The molecule has 0 bridgehead atoms. The molecule has 0 saturated carbocycles. The first kappa shape index (κ1) is 18.4. The number of hydrogen-bond acceptors (Lipinski definition) is 3. The molecule has 4 rings (SSSR count). The lowest BCUT2D eigenvalue weighted by atomic mass is 10.0. The highest BCUT2D eigenvalue weighted by atomic mass is 32.1. The number of hydrogen-bond donors (Lipinski definition) is 1. The van der Waals surface area contributed by atoms with Gasteiger partial charge in [0.05, 0.1) is 0 Å². The van der Waals surface area contributed by atoms with Gasteiger partial charge in [0, 0.05) is 34.8 Å². The Hall–Kier alpha value is -2.99. The van der Waals surface area contributed by atoms with Gasteiger partial charge in [0.2, 0.25) is 0 Å². The minimum absolute atomic E-state index is 0.0452. The van der Waals surface area contributed by atoms with Crippen molar-refractivity contribution in [2.45, 2.75) is 19.9 Å². The highest BCUT2D eigenvalue weighted by molar-refractivity contribution is 7.10. The van der Waals surface area contributed by atoms with Gasteiger partial charge in [0.1, 0.15) is 5.82 Å². The molecular weight excluding hydrogens is 375 g/mol. The van der Waals surface area contributed by atoms with Crippen molar-refractivity contribution in [2.24, 2.45) is 0 Å². The maximum absolute atomic E-state index is 13.4. The summed E-state index contributed by atoms with van der Waals surface area (Å²) >= 11 is 1.73. The van der Waals surface area contributed by atoms with Crippen molar-refractivity contribution in [1.29, 1.82) is 0 Å². The summed E-state index contributed by atoms with van der Waals surface area (Å²) in [7, 11) is 0. The Kier molecular flexibility index (Phi) is 4.96. The summed E-state index contributed by atoms with van der Waals surface area (Å²) < 4.78 is 13.4. The lowest BCUT2D eigenvalue weighted by Crippen LogP contribution is -2.35. The molecule has 1 N–H and O–H groups in total. The average Bonchev–Trinajstić information content (AvgIpc) is 3.17. The lowest BCUT2D eigenvalue weighted by molar-refractivity contribution is 0.0735. The van der Waals surface area contributed by atoms with Crippen molar-refractivity contribution < 1.29 is 14.0 Å². The molecule has 2 heterocycles. The third-order valence-electron chi connectivity index (χ3n) is 4.99. The van der Waals surface area contributed by atoms with E-state index in [1.807, 2.05) is 11.8 Å². The Morgan fingerprint density at radius 2 is 1.96 bits per heavy atom. The molecule has 6 heteroatoms. The first-order valence-electron chi connectivity index (χ1n) is 9.04. The molecule has 1 aliphatic rings. The van der Waals surface area contributed by atoms with E-state index in [0.717, 1.165) is 6.42 Å². The molecular formula is C22H19FN2O2S. The van der Waals surface area contributed by atoms with Crippen LogP contribution in [0.4, 0.5) is 10.1 Å². The molecule has 0 radical (unpaired) electrons. The van der Waals surface area contributed by atoms with E-state index in [4.69, 9.17) is 0 Å². The van der Waals surface area contributed by atoms with Crippen LogP contribution in [0.5, 0.6) is 0 Å². The zero-order chi connectivity index (χ0) is 19.7. The molecule has 142 valence electrons. The number of halogens is 1. The van der Waals surface area contributed by atoms with Crippen LogP contribution in [0.15, 0.2) is 53.9 Å². The van der Waals surface area contributed by atoms with E-state index in [2.05, 4.69) is 16.8 Å². The minimum Gasteiger partial charge on any atom is -0.334 e. The Labute approximate surface area is 166 Å². The molecule has 0 fully saturated rings. The van der Waals surface area contributed by atoms with Crippen LogP contribution in [0.3, 0.4) is 0 Å². The summed E-state index contributed by atoms with van der Waals surface area (Å²) in [6, 6.07) is 12.9. The van der Waals surface area contributed by atoms with Gasteiger partial charge in [-0.15, -0.1) is 11.3 Å². The summed E-state index contributed by atoms with van der Waals surface area (Å²) in [6.07, 6.45) is 0.869. The van der Waals surface area contributed by atoms with E-state index in [0.29, 0.717) is 29.9 Å². The second-order valence-corrected chi connectivity index (χ2v) is 7.79. The second-order valence-electron chi connectivity index (χ2n) is 6.79. The first-order chi connectivity index (χ1) is 13.5. The Balaban J connectivity index is 1.55. The third kappa shape index (κ3) is 3.55. The standard InChI is InChI=1S/C22H19FN2O2S/c1-14-18(22(27)25-10-8-20-16(13-25)9-11-28-20)6-3-7-19(14)24-21(26)15-4-2-5-17(23)12-15/h2-7,9,11-12H,8,10,13H2,1H3,(H,24,26). The Bertz CT molecular complexity index is 1060. The average molecular weight is 394 g/mol. The van der Waals surface area contributed by atoms with Gasteiger partial charge < -0.3 is 10.2 Å². The molecule has 4 nitrogen and oxygen atoms in total. The van der Waals surface area contributed by atoms with Crippen LogP contribution in [0, 0.1) is 12.7 Å². The molecule has 28 heavy (non-hydrogen) atoms. The number of fused-ring (bicyclic) bond motifs is 1. The maximum atomic E-state index is 13.4. The van der Waals surface area contributed by atoms with Gasteiger partial charge in [-0.05, 0) is 66.2 Å². The molecule has 1 aliphatic heterocycles. The summed E-state index contributed by atoms with van der Waals surface area (Å²) in [5, 5.41) is 4.85. The number of benzene rings is 2. The van der Waals surface area contributed by atoms with Crippen molar-refractivity contribution in [1.82, 2.24) is 4.90 Å². The van der Waals surface area contributed by atoms with E-state index < -0.39 is 11.7 Å². The third-order valence-corrected chi connectivity index (χ3v) is 6.02. The zero-order valence-electron chi connectivity index (χ0n) is 15.4. The van der Waals surface area contributed by atoms with Crippen LogP contribution in [-0.4, -0.2) is 23.3 Å². The van der Waals surface area contributed by atoms with Crippen LogP contribution in [0.25, 0.3) is 0 Å². The maximum Gasteiger partial charge on any atom is 0.255 e. The number of rotatable bonds is 3. The van der Waals surface area contributed by atoms with Gasteiger partial charge in [-0.25, -0.2) is 4.39 Å². The highest BCUT2D eigenvalue weighted by Crippen LogP contribution is 2.27. The predicted octanol–water partition coefficient (Wildman–Crippen LogP) is 4.65. The van der Waals surface area contributed by atoms with E-state index in [1.54, 1.807) is 35.6 Å². The molecule has 1 aromatic heterocycles. The van der Waals surface area contributed by atoms with Crippen molar-refractivity contribution >= 4 is 28.8 Å². The molecule has 0 saturated heterocycles. The van der Waals surface area contributed by atoms with Gasteiger partial charge in [-0.2, -0.15) is 0 Å². The lowest BCUT2D eigenvalue weighted by Gasteiger charge is -2.28. The number of thiophene rings is 1. The van der Waals surface area contributed by atoms with Crippen LogP contribution in [0.2, 0.25) is 0 Å². The van der Waals surface area contributed by atoms with Crippen molar-refractivity contribution in [3.8, 4) is 0 Å². The second kappa shape index (κ2) is 7.56. The van der Waals surface area contributed by atoms with Crippen LogP contribution in [-0.2, 0) is 13.0 Å². The van der Waals surface area contributed by atoms with Crippen LogP contribution >= 0.6 is 11.3 Å². The van der Waals surface area contributed by atoms with Crippen molar-refractivity contribution in [2.75, 3.05) is 11.9 Å². The fourth-order valence-electron chi connectivity index (χ4n) is 3.42. The highest BCUT2D eigenvalue weighted by Gasteiger charge is 2.24. The molecule has 0 aliphatic carbocycles. The van der Waals surface area contributed by atoms with Crippen molar-refractivity contribution in [3.05, 3.63) is 86.9 Å². The number of carbonyl (C=O) groups is 2. The largest absolute Gasteiger partial charge is 0.334 e. The number of amides is 2. The number of anilines is 1. The number of carbonyl (C=O) groups excluding carboxylic acids is 2. The SMILES string of the molecule is Cc1c(NC(=O)c2cccc(F)c2)cccc1C(=O)N1CCc2sccc2C1. The van der Waals surface area contributed by atoms with Crippen molar-refractivity contribution in [3.63, 3.8) is 0 Å². The zero-order valence-corrected chi connectivity index (χ0v) is 16.2. The predicted molar refractivity (Wildman–Crippen MR) is 108 cm³/mol. The number of nitrogens with one attached hydrogen (secondary N) is 1. The van der Waals surface area contributed by atoms with Gasteiger partial charge in [-0.1, -0.05) is 12.1 Å². The van der Waals surface area contributed by atoms with Crippen LogP contribution < -0.4 is 5.32 Å². The molecule has 2 amide bonds. The van der Waals surface area contributed by atoms with E-state index in [9.17, 15) is 14.0 Å². The molecule has 2 aromatic carbocycles. The summed E-state index contributed by atoms with van der Waals surface area (Å²) in [6.45, 7) is 3.11.